The molecule has 0 spiro atoms. The molecular weight excluding hydrogens is 783 g/mol. The van der Waals surface area contributed by atoms with Crippen LogP contribution >= 0.6 is 11.8 Å². The first-order valence-corrected chi connectivity index (χ1v) is 21.1. The molecule has 0 fully saturated rings. The average Bonchev–Trinajstić information content (AvgIpc) is 3.16. The summed E-state index contributed by atoms with van der Waals surface area (Å²) < 4.78 is 21.6. The van der Waals surface area contributed by atoms with Crippen molar-refractivity contribution in [2.24, 2.45) is 4.99 Å². The minimum absolute atomic E-state index is 0.0102. The standard InChI is InChI=1S/C46H65N5O8S/c1-32-21-23-34(24-22-32)46(33-18-15-14-16-19-33,35-25-27-36(56-13)28-26-35)60-31-29-48-38(52)37(49-40(53)57-43(2,3)4)20-17-30-51(42(55)59-45(8,9)10)39(47-11)50(12)41(54)58-44(5,6)7/h14-16,18-19,21-28,37H,17,20,29-31H2,1-13H3,(H,48,52)(H,49,53). The molecule has 0 aliphatic rings. The summed E-state index contributed by atoms with van der Waals surface area (Å²) >= 11 is 1.69. The van der Waals surface area contributed by atoms with Crippen LogP contribution in [0.5, 0.6) is 5.75 Å². The maximum Gasteiger partial charge on any atom is 0.417 e. The summed E-state index contributed by atoms with van der Waals surface area (Å²) in [5, 5.41) is 5.77. The molecule has 0 saturated heterocycles. The summed E-state index contributed by atoms with van der Waals surface area (Å²) in [7, 11) is 4.54. The Labute approximate surface area is 361 Å². The molecule has 3 rings (SSSR count). The predicted octanol–water partition coefficient (Wildman–Crippen LogP) is 8.91. The second kappa shape index (κ2) is 21.3. The minimum atomic E-state index is -1.03. The number of methoxy groups -OCH3 is 1. The van der Waals surface area contributed by atoms with E-state index in [4.69, 9.17) is 18.9 Å². The molecule has 0 saturated carbocycles. The molecule has 0 aliphatic heterocycles. The number of nitrogens with one attached hydrogen (secondary N) is 2. The highest BCUT2D eigenvalue weighted by Crippen LogP contribution is 2.48. The number of alkyl carbamates (subject to hydrolysis) is 1. The highest BCUT2D eigenvalue weighted by Gasteiger charge is 2.37. The summed E-state index contributed by atoms with van der Waals surface area (Å²) in [5.41, 5.74) is 1.86. The Morgan fingerprint density at radius 1 is 0.733 bits per heavy atom. The van der Waals surface area contributed by atoms with E-state index in [1.54, 1.807) is 81.2 Å². The van der Waals surface area contributed by atoms with Gasteiger partial charge in [0.2, 0.25) is 11.9 Å². The number of thioether (sulfide) groups is 1. The van der Waals surface area contributed by atoms with Crippen LogP contribution in [0.4, 0.5) is 14.4 Å². The van der Waals surface area contributed by atoms with Crippen LogP contribution in [0.2, 0.25) is 0 Å². The van der Waals surface area contributed by atoms with Gasteiger partial charge in [-0.25, -0.2) is 19.3 Å². The molecular formula is C46H65N5O8S. The predicted molar refractivity (Wildman–Crippen MR) is 239 cm³/mol. The van der Waals surface area contributed by atoms with Crippen LogP contribution in [-0.4, -0.2) is 103 Å². The van der Waals surface area contributed by atoms with E-state index in [2.05, 4.69) is 71.1 Å². The first-order valence-electron chi connectivity index (χ1n) is 20.1. The Morgan fingerprint density at radius 3 is 1.77 bits per heavy atom. The number of aryl methyl sites for hydroxylation is 1. The van der Waals surface area contributed by atoms with Gasteiger partial charge in [0.05, 0.1) is 11.9 Å². The molecule has 4 amide bonds. The number of benzene rings is 3. The normalized spacial score (nSPS) is 13.6. The van der Waals surface area contributed by atoms with Gasteiger partial charge in [0.15, 0.2) is 0 Å². The zero-order valence-electron chi connectivity index (χ0n) is 37.6. The molecule has 0 radical (unpaired) electrons. The Hall–Kier alpha value is -5.24. The molecule has 3 aromatic carbocycles. The second-order valence-electron chi connectivity index (χ2n) is 17.3. The van der Waals surface area contributed by atoms with E-state index in [1.165, 1.54) is 19.0 Å². The van der Waals surface area contributed by atoms with E-state index in [9.17, 15) is 19.2 Å². The van der Waals surface area contributed by atoms with E-state index in [0.29, 0.717) is 5.75 Å². The highest BCUT2D eigenvalue weighted by atomic mass is 32.2. The number of aliphatic imine (C=N–C) groups is 1. The number of hydrogen-bond acceptors (Lipinski definition) is 10. The molecule has 328 valence electrons. The van der Waals surface area contributed by atoms with Gasteiger partial charge in [0.25, 0.3) is 0 Å². The summed E-state index contributed by atoms with van der Waals surface area (Å²) in [6.45, 7) is 17.9. The van der Waals surface area contributed by atoms with Gasteiger partial charge in [0.1, 0.15) is 28.6 Å². The van der Waals surface area contributed by atoms with Gasteiger partial charge < -0.3 is 29.6 Å². The third kappa shape index (κ3) is 14.8. The smallest absolute Gasteiger partial charge is 0.417 e. The fourth-order valence-corrected chi connectivity index (χ4v) is 7.58. The lowest BCUT2D eigenvalue weighted by Gasteiger charge is -2.36. The summed E-state index contributed by atoms with van der Waals surface area (Å²) in [6.07, 6.45) is -1.92. The van der Waals surface area contributed by atoms with E-state index >= 15 is 0 Å². The van der Waals surface area contributed by atoms with Crippen molar-refractivity contribution < 1.29 is 38.1 Å². The van der Waals surface area contributed by atoms with E-state index in [1.807, 2.05) is 30.3 Å². The molecule has 2 N–H and O–H groups in total. The maximum absolute atomic E-state index is 14.0. The monoisotopic (exact) mass is 847 g/mol. The van der Waals surface area contributed by atoms with Crippen LogP contribution in [-0.2, 0) is 23.8 Å². The second-order valence-corrected chi connectivity index (χ2v) is 18.6. The van der Waals surface area contributed by atoms with Gasteiger partial charge in [-0.15, -0.1) is 11.8 Å². The molecule has 14 heteroatoms. The van der Waals surface area contributed by atoms with Gasteiger partial charge in [0, 0.05) is 32.9 Å². The van der Waals surface area contributed by atoms with Crippen molar-refractivity contribution in [2.75, 3.05) is 40.0 Å². The number of amides is 4. The largest absolute Gasteiger partial charge is 0.497 e. The maximum atomic E-state index is 14.0. The van der Waals surface area contributed by atoms with Crippen molar-refractivity contribution in [3.8, 4) is 5.75 Å². The number of guanidine groups is 1. The van der Waals surface area contributed by atoms with Crippen LogP contribution in [0.15, 0.2) is 83.9 Å². The van der Waals surface area contributed by atoms with Crippen molar-refractivity contribution in [1.82, 2.24) is 20.4 Å². The quantitative estimate of drug-likeness (QED) is 0.0534. The number of rotatable bonds is 14. The summed E-state index contributed by atoms with van der Waals surface area (Å²) in [4.78, 5) is 60.4. The number of nitrogens with zero attached hydrogens (tertiary/aromatic N) is 3. The van der Waals surface area contributed by atoms with Crippen LogP contribution in [0.3, 0.4) is 0 Å². The molecule has 60 heavy (non-hydrogen) atoms. The lowest BCUT2D eigenvalue weighted by atomic mass is 9.83. The number of ether oxygens (including phenoxy) is 4. The summed E-state index contributed by atoms with van der Waals surface area (Å²) in [6, 6.07) is 25.7. The summed E-state index contributed by atoms with van der Waals surface area (Å²) in [5.74, 6) is 0.807. The minimum Gasteiger partial charge on any atom is -0.497 e. The lowest BCUT2D eigenvalue weighted by molar-refractivity contribution is -0.123. The van der Waals surface area contributed by atoms with Crippen LogP contribution in [0, 0.1) is 6.92 Å². The van der Waals surface area contributed by atoms with E-state index in [0.717, 1.165) is 32.9 Å². The van der Waals surface area contributed by atoms with Gasteiger partial charge >= 0.3 is 18.3 Å². The van der Waals surface area contributed by atoms with E-state index < -0.39 is 51.8 Å². The van der Waals surface area contributed by atoms with Crippen LogP contribution in [0.1, 0.15) is 97.4 Å². The van der Waals surface area contributed by atoms with Gasteiger partial charge in [-0.2, -0.15) is 0 Å². The van der Waals surface area contributed by atoms with Crippen LogP contribution < -0.4 is 15.4 Å². The first-order chi connectivity index (χ1) is 28.0. The Morgan fingerprint density at radius 2 is 1.25 bits per heavy atom. The molecule has 2 unspecified atom stereocenters. The third-order valence-corrected chi connectivity index (χ3v) is 10.3. The molecule has 13 nitrogen and oxygen atoms in total. The Kier molecular flexibility index (Phi) is 17.5. The molecule has 0 aliphatic carbocycles. The average molecular weight is 848 g/mol. The molecule has 0 aromatic heterocycles. The van der Waals surface area contributed by atoms with Gasteiger partial charge in [-0.1, -0.05) is 72.3 Å². The topological polar surface area (TPSA) is 148 Å². The fraction of sp³-hybridized carbons (Fsp3) is 0.500. The molecule has 3 aromatic rings. The van der Waals surface area contributed by atoms with Gasteiger partial charge in [-0.3, -0.25) is 14.7 Å². The van der Waals surface area contributed by atoms with Crippen molar-refractivity contribution in [3.05, 3.63) is 101 Å². The Balaban J connectivity index is 1.89. The van der Waals surface area contributed by atoms with E-state index in [-0.39, 0.29) is 31.9 Å². The molecule has 2 atom stereocenters. The number of carbonyl (C=O) groups excluding carboxylic acids is 4. The third-order valence-electron chi connectivity index (χ3n) is 8.76. The van der Waals surface area contributed by atoms with Crippen molar-refractivity contribution >= 4 is 41.9 Å². The van der Waals surface area contributed by atoms with Crippen molar-refractivity contribution in [1.29, 1.82) is 0 Å². The fourth-order valence-electron chi connectivity index (χ4n) is 6.16. The van der Waals surface area contributed by atoms with Crippen LogP contribution in [0.25, 0.3) is 0 Å². The highest BCUT2D eigenvalue weighted by molar-refractivity contribution is 8.00. The molecule has 0 heterocycles. The zero-order chi connectivity index (χ0) is 44.9. The number of hydrogen-bond donors (Lipinski definition) is 2. The SMILES string of the molecule is CN=C(N(C)C(=O)OC(C)(C)C)N(CCCC(NC(=O)OC(C)(C)C)C(=O)NCCSC(c1ccccc1)(c1ccc(C)cc1)c1ccc(OC)cc1)C(=O)OC(C)(C)C. The molecule has 0 bridgehead atoms. The Bertz CT molecular complexity index is 1900. The zero-order valence-corrected chi connectivity index (χ0v) is 38.5. The number of carbonyl (C=O) groups is 4. The van der Waals surface area contributed by atoms with Gasteiger partial charge in [-0.05, 0) is 111 Å². The van der Waals surface area contributed by atoms with Crippen molar-refractivity contribution in [2.45, 2.75) is 110 Å². The van der Waals surface area contributed by atoms with Crippen molar-refractivity contribution in [3.63, 3.8) is 0 Å². The lowest BCUT2D eigenvalue weighted by Crippen LogP contribution is -2.52. The first kappa shape index (κ1) is 49.1.